The van der Waals surface area contributed by atoms with Crippen LogP contribution in [0.15, 0.2) is 77.9 Å². The molecule has 0 spiro atoms. The molecule has 2 heterocycles. The Morgan fingerprint density at radius 1 is 1.03 bits per heavy atom. The maximum atomic E-state index is 13.3. The molecule has 6 heteroatoms. The molecule has 2 aromatic heterocycles. The third kappa shape index (κ3) is 3.93. The van der Waals surface area contributed by atoms with Crippen LogP contribution >= 0.6 is 0 Å². The molecule has 0 fully saturated rings. The van der Waals surface area contributed by atoms with E-state index in [0.29, 0.717) is 22.6 Å². The number of nitrogens with one attached hydrogen (secondary N) is 1. The van der Waals surface area contributed by atoms with Gasteiger partial charge >= 0.3 is 0 Å². The number of hydrogen-bond acceptors (Lipinski definition) is 4. The van der Waals surface area contributed by atoms with Crippen molar-refractivity contribution in [2.45, 2.75) is 13.5 Å². The van der Waals surface area contributed by atoms with E-state index in [1.807, 2.05) is 31.2 Å². The minimum Gasteiger partial charge on any atom is -0.497 e. The van der Waals surface area contributed by atoms with Gasteiger partial charge in [-0.2, -0.15) is 0 Å². The summed E-state index contributed by atoms with van der Waals surface area (Å²) in [5.41, 5.74) is 3.30. The summed E-state index contributed by atoms with van der Waals surface area (Å²) in [6.45, 7) is 2.11. The van der Waals surface area contributed by atoms with Crippen molar-refractivity contribution in [1.29, 1.82) is 0 Å². The SMILES string of the molecule is COc1ccc(N(Cc2cc3ccc(C)cc3[nH]c2=O)C(=O)c2ccncc2)cc1. The molecule has 1 N–H and O–H groups in total. The van der Waals surface area contributed by atoms with Gasteiger partial charge in [-0.05, 0) is 66.4 Å². The van der Waals surface area contributed by atoms with Gasteiger partial charge in [0.15, 0.2) is 0 Å². The quantitative estimate of drug-likeness (QED) is 0.549. The number of amides is 1. The summed E-state index contributed by atoms with van der Waals surface area (Å²) in [4.78, 5) is 34.5. The second-order valence-electron chi connectivity index (χ2n) is 7.04. The number of nitrogens with zero attached hydrogens (tertiary/aromatic N) is 2. The van der Waals surface area contributed by atoms with Crippen LogP contribution in [-0.2, 0) is 6.54 Å². The van der Waals surface area contributed by atoms with Crippen LogP contribution in [0.4, 0.5) is 5.69 Å². The number of carbonyl (C=O) groups excluding carboxylic acids is 1. The molecule has 4 rings (SSSR count). The summed E-state index contributed by atoms with van der Waals surface area (Å²) in [6, 6.07) is 18.2. The Kier molecular flexibility index (Phi) is 5.30. The first-order valence-electron chi connectivity index (χ1n) is 9.53. The first kappa shape index (κ1) is 19.4. The largest absolute Gasteiger partial charge is 0.497 e. The lowest BCUT2D eigenvalue weighted by molar-refractivity contribution is 0.0985. The van der Waals surface area contributed by atoms with Crippen molar-refractivity contribution in [1.82, 2.24) is 9.97 Å². The standard InChI is InChI=1S/C24H21N3O3/c1-16-3-4-18-14-19(23(28)26-22(18)13-16)15-27(20-5-7-21(30-2)8-6-20)24(29)17-9-11-25-12-10-17/h3-14H,15H2,1-2H3,(H,26,28). The van der Waals surface area contributed by atoms with Crippen LogP contribution in [0.3, 0.4) is 0 Å². The maximum Gasteiger partial charge on any atom is 0.258 e. The fourth-order valence-electron chi connectivity index (χ4n) is 3.34. The molecule has 0 aliphatic rings. The molecular weight excluding hydrogens is 378 g/mol. The molecule has 0 bridgehead atoms. The van der Waals surface area contributed by atoms with Gasteiger partial charge < -0.3 is 14.6 Å². The number of fused-ring (bicyclic) bond motifs is 1. The zero-order chi connectivity index (χ0) is 21.1. The molecule has 0 saturated carbocycles. The number of carbonyl (C=O) groups is 1. The molecule has 0 aliphatic heterocycles. The first-order chi connectivity index (χ1) is 14.5. The van der Waals surface area contributed by atoms with Crippen LogP contribution in [0.25, 0.3) is 10.9 Å². The van der Waals surface area contributed by atoms with E-state index in [0.717, 1.165) is 16.5 Å². The van der Waals surface area contributed by atoms with Crippen LogP contribution in [0.2, 0.25) is 0 Å². The highest BCUT2D eigenvalue weighted by molar-refractivity contribution is 6.06. The van der Waals surface area contributed by atoms with Gasteiger partial charge in [0.2, 0.25) is 0 Å². The predicted octanol–water partition coefficient (Wildman–Crippen LogP) is 4.09. The number of aromatic amines is 1. The van der Waals surface area contributed by atoms with Crippen molar-refractivity contribution in [2.75, 3.05) is 12.0 Å². The van der Waals surface area contributed by atoms with Crippen LogP contribution in [0.1, 0.15) is 21.5 Å². The highest BCUT2D eigenvalue weighted by Crippen LogP contribution is 2.23. The lowest BCUT2D eigenvalue weighted by Gasteiger charge is -2.23. The van der Waals surface area contributed by atoms with Gasteiger partial charge in [-0.25, -0.2) is 0 Å². The summed E-state index contributed by atoms with van der Waals surface area (Å²) in [6.07, 6.45) is 3.15. The Morgan fingerprint density at radius 2 is 1.77 bits per heavy atom. The fraction of sp³-hybridized carbons (Fsp3) is 0.125. The Morgan fingerprint density at radius 3 is 2.47 bits per heavy atom. The second kappa shape index (κ2) is 8.21. The Hall–Kier alpha value is -3.93. The number of hydrogen-bond donors (Lipinski definition) is 1. The summed E-state index contributed by atoms with van der Waals surface area (Å²) >= 11 is 0. The predicted molar refractivity (Wildman–Crippen MR) is 117 cm³/mol. The number of aromatic nitrogens is 2. The van der Waals surface area contributed by atoms with E-state index in [1.165, 1.54) is 0 Å². The average Bonchev–Trinajstić information content (AvgIpc) is 2.78. The van der Waals surface area contributed by atoms with E-state index in [4.69, 9.17) is 4.74 Å². The van der Waals surface area contributed by atoms with E-state index < -0.39 is 0 Å². The number of rotatable bonds is 5. The van der Waals surface area contributed by atoms with Crippen LogP contribution < -0.4 is 15.2 Å². The smallest absolute Gasteiger partial charge is 0.258 e. The van der Waals surface area contributed by atoms with Crippen molar-refractivity contribution >= 4 is 22.5 Å². The fourth-order valence-corrected chi connectivity index (χ4v) is 3.34. The number of aryl methyl sites for hydroxylation is 1. The molecule has 6 nitrogen and oxygen atoms in total. The van der Waals surface area contributed by atoms with Crippen LogP contribution in [-0.4, -0.2) is 23.0 Å². The zero-order valence-electron chi connectivity index (χ0n) is 16.8. The molecule has 150 valence electrons. The number of methoxy groups -OCH3 is 1. The molecular formula is C24H21N3O3. The van der Waals surface area contributed by atoms with Crippen LogP contribution in [0, 0.1) is 6.92 Å². The minimum absolute atomic E-state index is 0.132. The molecule has 2 aromatic carbocycles. The molecule has 0 atom stereocenters. The summed E-state index contributed by atoms with van der Waals surface area (Å²) in [5, 5.41) is 0.918. The van der Waals surface area contributed by atoms with E-state index in [1.54, 1.807) is 60.8 Å². The van der Waals surface area contributed by atoms with E-state index in [-0.39, 0.29) is 18.0 Å². The Bertz CT molecular complexity index is 1250. The lowest BCUT2D eigenvalue weighted by atomic mass is 10.1. The van der Waals surface area contributed by atoms with Gasteiger partial charge in [-0.15, -0.1) is 0 Å². The van der Waals surface area contributed by atoms with Gasteiger partial charge in [0.1, 0.15) is 5.75 Å². The van der Waals surface area contributed by atoms with Gasteiger partial charge in [-0.1, -0.05) is 12.1 Å². The molecule has 1 amide bonds. The molecule has 0 saturated heterocycles. The first-order valence-corrected chi connectivity index (χ1v) is 9.53. The van der Waals surface area contributed by atoms with Gasteiger partial charge in [0.05, 0.1) is 13.7 Å². The molecule has 0 aliphatic carbocycles. The average molecular weight is 399 g/mol. The van der Waals surface area contributed by atoms with Crippen molar-refractivity contribution in [3.05, 3.63) is 100 Å². The minimum atomic E-state index is -0.217. The van der Waals surface area contributed by atoms with Crippen LogP contribution in [0.5, 0.6) is 5.75 Å². The number of ether oxygens (including phenoxy) is 1. The number of H-pyrrole nitrogens is 1. The van der Waals surface area contributed by atoms with Crippen molar-refractivity contribution < 1.29 is 9.53 Å². The lowest BCUT2D eigenvalue weighted by Crippen LogP contribution is -2.32. The summed E-state index contributed by atoms with van der Waals surface area (Å²) in [5.74, 6) is 0.472. The Balaban J connectivity index is 1.76. The third-order valence-electron chi connectivity index (χ3n) is 4.96. The monoisotopic (exact) mass is 399 g/mol. The van der Waals surface area contributed by atoms with E-state index >= 15 is 0 Å². The zero-order valence-corrected chi connectivity index (χ0v) is 16.8. The molecule has 4 aromatic rings. The van der Waals surface area contributed by atoms with E-state index in [9.17, 15) is 9.59 Å². The topological polar surface area (TPSA) is 75.3 Å². The van der Waals surface area contributed by atoms with Crippen molar-refractivity contribution in [2.24, 2.45) is 0 Å². The van der Waals surface area contributed by atoms with Gasteiger partial charge in [0, 0.05) is 34.7 Å². The van der Waals surface area contributed by atoms with Crippen molar-refractivity contribution in [3.63, 3.8) is 0 Å². The highest BCUT2D eigenvalue weighted by Gasteiger charge is 2.20. The molecule has 30 heavy (non-hydrogen) atoms. The number of anilines is 1. The normalized spacial score (nSPS) is 10.7. The maximum absolute atomic E-state index is 13.3. The molecule has 0 radical (unpaired) electrons. The van der Waals surface area contributed by atoms with Gasteiger partial charge in [0.25, 0.3) is 11.5 Å². The van der Waals surface area contributed by atoms with Crippen molar-refractivity contribution in [3.8, 4) is 5.75 Å². The summed E-state index contributed by atoms with van der Waals surface area (Å²) < 4.78 is 5.22. The van der Waals surface area contributed by atoms with E-state index in [2.05, 4.69) is 9.97 Å². The van der Waals surface area contributed by atoms with Gasteiger partial charge in [-0.3, -0.25) is 14.6 Å². The third-order valence-corrected chi connectivity index (χ3v) is 4.96. The number of benzene rings is 2. The number of pyridine rings is 2. The highest BCUT2D eigenvalue weighted by atomic mass is 16.5. The summed E-state index contributed by atoms with van der Waals surface area (Å²) in [7, 11) is 1.59. The molecule has 0 unspecified atom stereocenters. The second-order valence-corrected chi connectivity index (χ2v) is 7.04. The Labute approximate surface area is 173 Å².